The molecule has 0 saturated carbocycles. The Bertz CT molecular complexity index is 2750. The quantitative estimate of drug-likeness (QED) is 0.0940. The molecule has 4 amide bonds. The summed E-state index contributed by atoms with van der Waals surface area (Å²) in [5, 5.41) is 11.7. The molecule has 286 valence electrons. The first-order valence-corrected chi connectivity index (χ1v) is 18.7. The molecule has 0 aliphatic carbocycles. The Morgan fingerprint density at radius 3 is 1.42 bits per heavy atom. The number of nitrogens with zero attached hydrogens (tertiary/aromatic N) is 2. The lowest BCUT2D eigenvalue weighted by atomic mass is 9.99. The van der Waals surface area contributed by atoms with Crippen LogP contribution in [0, 0.1) is 0 Å². The topological polar surface area (TPSA) is 157 Å². The molecule has 2 heterocycles. The van der Waals surface area contributed by atoms with Gasteiger partial charge in [-0.25, -0.2) is 9.98 Å². The van der Waals surface area contributed by atoms with Crippen LogP contribution in [0.15, 0.2) is 198 Å². The van der Waals surface area contributed by atoms with Crippen molar-refractivity contribution in [2.45, 2.75) is 0 Å². The van der Waals surface area contributed by atoms with Crippen molar-refractivity contribution in [2.75, 3.05) is 16.0 Å². The molecule has 0 saturated heterocycles. The van der Waals surface area contributed by atoms with Gasteiger partial charge < -0.3 is 26.3 Å². The van der Waals surface area contributed by atoms with Gasteiger partial charge in [0.15, 0.2) is 5.84 Å². The molecule has 0 radical (unpaired) electrons. The summed E-state index contributed by atoms with van der Waals surface area (Å²) in [4.78, 5) is 69.4. The maximum atomic E-state index is 14.4. The van der Waals surface area contributed by atoms with E-state index >= 15 is 0 Å². The lowest BCUT2D eigenvalue weighted by Gasteiger charge is -2.12. The number of H-pyrrole nitrogens is 1. The zero-order chi connectivity index (χ0) is 40.6. The standard InChI is InChI=1S/C48H35N7O4/c56-45(33-23-11-3-12-24-33)54-43-39(47(58)49-35-27-15-5-16-28-35)37(31-19-7-1-8-20-31)41(52-43)51-42-38(32-21-9-2-10-22-32)40(48(59)50-36-29-17-6-18-30-36)44(53-42)55-46(57)34-25-13-4-14-26-34/h1-30,52H,(H,49,58)(H,50,59)(H,54,56)(H,51,53,55,57). The minimum absolute atomic E-state index is 0.0302. The van der Waals surface area contributed by atoms with Crippen molar-refractivity contribution < 1.29 is 19.2 Å². The van der Waals surface area contributed by atoms with Gasteiger partial charge in [-0.3, -0.25) is 19.2 Å². The molecule has 1 aliphatic rings. The summed E-state index contributed by atoms with van der Waals surface area (Å²) in [7, 11) is 0. The van der Waals surface area contributed by atoms with Crippen LogP contribution in [0.25, 0.3) is 16.7 Å². The number of amides is 4. The molecule has 59 heavy (non-hydrogen) atoms. The Kier molecular flexibility index (Phi) is 10.9. The van der Waals surface area contributed by atoms with E-state index in [2.05, 4.69) is 26.3 Å². The van der Waals surface area contributed by atoms with Crippen LogP contribution in [0.4, 0.5) is 23.0 Å². The number of carbonyl (C=O) groups excluding carboxylic acids is 4. The molecule has 0 spiro atoms. The second-order valence-corrected chi connectivity index (χ2v) is 13.3. The van der Waals surface area contributed by atoms with E-state index in [1.807, 2.05) is 72.8 Å². The van der Waals surface area contributed by atoms with Crippen molar-refractivity contribution in [2.24, 2.45) is 9.98 Å². The molecule has 7 aromatic rings. The highest BCUT2D eigenvalue weighted by molar-refractivity contribution is 6.47. The van der Waals surface area contributed by atoms with E-state index in [-0.39, 0.29) is 34.4 Å². The second kappa shape index (κ2) is 17.1. The van der Waals surface area contributed by atoms with Crippen LogP contribution >= 0.6 is 0 Å². The van der Waals surface area contributed by atoms with Gasteiger partial charge in [-0.05, 0) is 59.7 Å². The van der Waals surface area contributed by atoms with E-state index in [0.29, 0.717) is 44.8 Å². The number of hydrogen-bond acceptors (Lipinski definition) is 5. The van der Waals surface area contributed by atoms with E-state index in [0.717, 1.165) is 0 Å². The van der Waals surface area contributed by atoms with Gasteiger partial charge in [0, 0.05) is 33.6 Å². The summed E-state index contributed by atoms with van der Waals surface area (Å²) in [5.74, 6) is -1.74. The van der Waals surface area contributed by atoms with Crippen molar-refractivity contribution in [3.8, 4) is 11.1 Å². The molecular formula is C48H35N7O4. The van der Waals surface area contributed by atoms with Crippen LogP contribution in [0.3, 0.4) is 0 Å². The van der Waals surface area contributed by atoms with Gasteiger partial charge in [0.05, 0.1) is 11.1 Å². The van der Waals surface area contributed by atoms with Crippen LogP contribution in [-0.4, -0.2) is 40.3 Å². The van der Waals surface area contributed by atoms with Crippen molar-refractivity contribution in [3.05, 3.63) is 210 Å². The Morgan fingerprint density at radius 2 is 0.898 bits per heavy atom. The Labute approximate surface area is 339 Å². The monoisotopic (exact) mass is 773 g/mol. The van der Waals surface area contributed by atoms with Gasteiger partial charge in [0.2, 0.25) is 0 Å². The first-order chi connectivity index (χ1) is 28.9. The molecule has 1 aromatic heterocycles. The predicted octanol–water partition coefficient (Wildman–Crippen LogP) is 9.15. The van der Waals surface area contributed by atoms with E-state index in [9.17, 15) is 19.2 Å². The van der Waals surface area contributed by atoms with Crippen molar-refractivity contribution in [1.29, 1.82) is 0 Å². The molecule has 11 nitrogen and oxygen atoms in total. The van der Waals surface area contributed by atoms with Gasteiger partial charge in [-0.15, -0.1) is 0 Å². The summed E-state index contributed by atoms with van der Waals surface area (Å²) >= 11 is 0. The zero-order valence-corrected chi connectivity index (χ0v) is 31.3. The molecule has 8 rings (SSSR count). The van der Waals surface area contributed by atoms with E-state index in [1.54, 1.807) is 109 Å². The van der Waals surface area contributed by atoms with Gasteiger partial charge in [0.25, 0.3) is 23.6 Å². The zero-order valence-electron chi connectivity index (χ0n) is 31.3. The largest absolute Gasteiger partial charge is 0.325 e. The molecule has 0 bridgehead atoms. The Balaban J connectivity index is 1.34. The van der Waals surface area contributed by atoms with Gasteiger partial charge in [-0.2, -0.15) is 0 Å². The second-order valence-electron chi connectivity index (χ2n) is 13.3. The fraction of sp³-hybridized carbons (Fsp3) is 0. The summed E-state index contributed by atoms with van der Waals surface area (Å²) in [6, 6.07) is 53.4. The minimum Gasteiger partial charge on any atom is -0.325 e. The van der Waals surface area contributed by atoms with Gasteiger partial charge >= 0.3 is 0 Å². The lowest BCUT2D eigenvalue weighted by molar-refractivity contribution is -0.112. The van der Waals surface area contributed by atoms with Crippen LogP contribution in [0.2, 0.25) is 0 Å². The molecule has 6 aromatic carbocycles. The normalized spacial score (nSPS) is 12.7. The van der Waals surface area contributed by atoms with E-state index < -0.39 is 23.6 Å². The highest BCUT2D eigenvalue weighted by Crippen LogP contribution is 2.41. The lowest BCUT2D eigenvalue weighted by Crippen LogP contribution is -2.34. The van der Waals surface area contributed by atoms with Crippen molar-refractivity contribution >= 4 is 63.9 Å². The summed E-state index contributed by atoms with van der Waals surface area (Å²) in [5.41, 5.74) is 3.83. The third-order valence-corrected chi connectivity index (χ3v) is 9.31. The molecule has 0 fully saturated rings. The SMILES string of the molecule is O=C(Nc1ccccc1)C1=C(c2ccccc2)C(=Nc2[nH]c(NC(=O)c3ccccc3)c(C(=O)Nc3ccccc3)c2-c2ccccc2)N=C1NC(=O)c1ccccc1. The average Bonchev–Trinajstić information content (AvgIpc) is 3.82. The number of amidine groups is 2. The molecule has 0 atom stereocenters. The van der Waals surface area contributed by atoms with Gasteiger partial charge in [0.1, 0.15) is 17.5 Å². The van der Waals surface area contributed by atoms with Crippen molar-refractivity contribution in [3.63, 3.8) is 0 Å². The fourth-order valence-electron chi connectivity index (χ4n) is 6.58. The highest BCUT2D eigenvalue weighted by Gasteiger charge is 2.34. The predicted molar refractivity (Wildman–Crippen MR) is 232 cm³/mol. The number of carbonyl (C=O) groups is 4. The van der Waals surface area contributed by atoms with Crippen LogP contribution in [0.5, 0.6) is 0 Å². The maximum absolute atomic E-state index is 14.4. The smallest absolute Gasteiger partial charge is 0.260 e. The highest BCUT2D eigenvalue weighted by atomic mass is 16.2. The Morgan fingerprint density at radius 1 is 0.458 bits per heavy atom. The summed E-state index contributed by atoms with van der Waals surface area (Å²) in [6.45, 7) is 0. The third-order valence-electron chi connectivity index (χ3n) is 9.31. The minimum atomic E-state index is -0.541. The maximum Gasteiger partial charge on any atom is 0.260 e. The van der Waals surface area contributed by atoms with Gasteiger partial charge in [-0.1, -0.05) is 133 Å². The number of anilines is 3. The molecule has 5 N–H and O–H groups in total. The number of nitrogens with one attached hydrogen (secondary N) is 5. The number of rotatable bonds is 10. The average molecular weight is 774 g/mol. The van der Waals surface area contributed by atoms with Crippen LogP contribution in [-0.2, 0) is 4.79 Å². The van der Waals surface area contributed by atoms with Crippen LogP contribution < -0.4 is 21.3 Å². The first kappa shape index (κ1) is 37.5. The molecule has 11 heteroatoms. The Hall–Kier alpha value is -8.44. The number of hydrogen-bond donors (Lipinski definition) is 5. The summed E-state index contributed by atoms with van der Waals surface area (Å²) < 4.78 is 0. The third kappa shape index (κ3) is 8.39. The number of aliphatic imine (C=N–C) groups is 2. The molecule has 1 aliphatic heterocycles. The molecular weight excluding hydrogens is 739 g/mol. The van der Waals surface area contributed by atoms with E-state index in [1.165, 1.54) is 0 Å². The van der Waals surface area contributed by atoms with Crippen molar-refractivity contribution in [1.82, 2.24) is 10.3 Å². The number of benzene rings is 6. The number of aromatic amines is 1. The van der Waals surface area contributed by atoms with Crippen LogP contribution in [0.1, 0.15) is 36.6 Å². The number of aromatic nitrogens is 1. The fourth-order valence-corrected chi connectivity index (χ4v) is 6.58. The van der Waals surface area contributed by atoms with E-state index in [4.69, 9.17) is 9.98 Å². The number of para-hydroxylation sites is 2. The molecule has 0 unspecified atom stereocenters. The summed E-state index contributed by atoms with van der Waals surface area (Å²) in [6.07, 6.45) is 0. The first-order valence-electron chi connectivity index (χ1n) is 18.7.